The molecule has 0 bridgehead atoms. The number of carboxylic acids is 2. The number of benzene rings is 1. The summed E-state index contributed by atoms with van der Waals surface area (Å²) in [4.78, 5) is 27.1. The second kappa shape index (κ2) is 13.6. The van der Waals surface area contributed by atoms with Crippen molar-refractivity contribution in [3.63, 3.8) is 0 Å². The standard InChI is InChI=1S/C20H24FN3O.2C2HF3O2/c21-18-6-4-17(5-7-18)15-23-11-8-20(9-12-23)16-24(13-14-25-20)19-3-1-2-10-22-19;2*3-2(4,5)1(6)7/h1-7,10H,8-9,11-16H2;2*(H,6,7). The molecule has 0 radical (unpaired) electrons. The monoisotopic (exact) mass is 569 g/mol. The zero-order valence-electron chi connectivity index (χ0n) is 20.4. The molecular formula is C24H26F7N3O5. The lowest BCUT2D eigenvalue weighted by atomic mass is 9.89. The number of aliphatic carboxylic acids is 2. The largest absolute Gasteiger partial charge is 0.490 e. The summed E-state index contributed by atoms with van der Waals surface area (Å²) in [6, 6.07) is 12.9. The molecule has 39 heavy (non-hydrogen) atoms. The number of anilines is 1. The Morgan fingerprint density at radius 1 is 0.897 bits per heavy atom. The number of halogens is 7. The molecule has 216 valence electrons. The van der Waals surface area contributed by atoms with E-state index < -0.39 is 24.3 Å². The van der Waals surface area contributed by atoms with E-state index in [4.69, 9.17) is 24.5 Å². The van der Waals surface area contributed by atoms with E-state index in [0.29, 0.717) is 0 Å². The molecule has 0 unspecified atom stereocenters. The third kappa shape index (κ3) is 10.7. The Bertz CT molecular complexity index is 1030. The molecule has 4 rings (SSSR count). The number of rotatable bonds is 3. The summed E-state index contributed by atoms with van der Waals surface area (Å²) in [6.07, 6.45) is -6.27. The van der Waals surface area contributed by atoms with Crippen molar-refractivity contribution in [3.05, 3.63) is 60.0 Å². The Morgan fingerprint density at radius 2 is 1.44 bits per heavy atom. The van der Waals surface area contributed by atoms with Crippen LogP contribution >= 0.6 is 0 Å². The normalized spacial score (nSPS) is 17.4. The number of nitrogens with zero attached hydrogens (tertiary/aromatic N) is 3. The number of aromatic nitrogens is 1. The van der Waals surface area contributed by atoms with Crippen molar-refractivity contribution in [1.29, 1.82) is 0 Å². The van der Waals surface area contributed by atoms with Gasteiger partial charge in [-0.25, -0.2) is 19.0 Å². The molecule has 15 heteroatoms. The average Bonchev–Trinajstić information content (AvgIpc) is 2.87. The fourth-order valence-corrected chi connectivity index (χ4v) is 3.85. The molecule has 2 N–H and O–H groups in total. The lowest BCUT2D eigenvalue weighted by molar-refractivity contribution is -0.193. The SMILES string of the molecule is Fc1ccc(CN2CCC3(CC2)CN(c2ccccn2)CCO3)cc1.O=C(O)C(F)(F)F.O=C(O)C(F)(F)F. The van der Waals surface area contributed by atoms with E-state index in [2.05, 4.69) is 20.9 Å². The van der Waals surface area contributed by atoms with Gasteiger partial charge < -0.3 is 19.8 Å². The van der Waals surface area contributed by atoms with E-state index in [1.54, 1.807) is 0 Å². The zero-order chi connectivity index (χ0) is 29.3. The van der Waals surface area contributed by atoms with Gasteiger partial charge in [-0.15, -0.1) is 0 Å². The van der Waals surface area contributed by atoms with E-state index in [1.807, 2.05) is 30.5 Å². The molecule has 0 atom stereocenters. The third-order valence-corrected chi connectivity index (χ3v) is 5.79. The molecule has 1 spiro atoms. The number of carbonyl (C=O) groups is 2. The van der Waals surface area contributed by atoms with Crippen LogP contribution < -0.4 is 4.90 Å². The van der Waals surface area contributed by atoms with Crippen LogP contribution in [0.5, 0.6) is 0 Å². The number of carboxylic acid groups (broad SMARTS) is 2. The number of hydrogen-bond acceptors (Lipinski definition) is 6. The molecule has 0 aliphatic carbocycles. The van der Waals surface area contributed by atoms with E-state index in [9.17, 15) is 30.7 Å². The highest BCUT2D eigenvalue weighted by Gasteiger charge is 2.40. The molecule has 1 aromatic heterocycles. The maximum absolute atomic E-state index is 13.0. The minimum atomic E-state index is -5.08. The van der Waals surface area contributed by atoms with Gasteiger partial charge in [0.15, 0.2) is 0 Å². The zero-order valence-corrected chi connectivity index (χ0v) is 20.4. The fourth-order valence-electron chi connectivity index (χ4n) is 3.85. The van der Waals surface area contributed by atoms with Crippen molar-refractivity contribution in [2.75, 3.05) is 37.7 Å². The van der Waals surface area contributed by atoms with Crippen molar-refractivity contribution in [2.45, 2.75) is 37.3 Å². The number of likely N-dealkylation sites (tertiary alicyclic amines) is 1. The number of morpholine rings is 1. The summed E-state index contributed by atoms with van der Waals surface area (Å²) in [5.74, 6) is -4.65. The predicted octanol–water partition coefficient (Wildman–Crippen LogP) is 4.36. The summed E-state index contributed by atoms with van der Waals surface area (Å²) < 4.78 is 82.7. The van der Waals surface area contributed by atoms with Crippen LogP contribution in [-0.2, 0) is 20.9 Å². The van der Waals surface area contributed by atoms with E-state index in [0.717, 1.165) is 63.6 Å². The number of pyridine rings is 1. The van der Waals surface area contributed by atoms with Crippen LogP contribution in [-0.4, -0.2) is 82.8 Å². The van der Waals surface area contributed by atoms with Gasteiger partial charge in [-0.1, -0.05) is 18.2 Å². The molecule has 0 amide bonds. The molecule has 3 heterocycles. The number of hydrogen-bond donors (Lipinski definition) is 2. The highest BCUT2D eigenvalue weighted by Crippen LogP contribution is 2.32. The van der Waals surface area contributed by atoms with Crippen molar-refractivity contribution < 1.29 is 55.3 Å². The first-order chi connectivity index (χ1) is 18.1. The van der Waals surface area contributed by atoms with Crippen LogP contribution in [0.4, 0.5) is 36.6 Å². The average molecular weight is 569 g/mol. The van der Waals surface area contributed by atoms with Crippen LogP contribution in [0.3, 0.4) is 0 Å². The van der Waals surface area contributed by atoms with Crippen LogP contribution in [0.2, 0.25) is 0 Å². The predicted molar refractivity (Wildman–Crippen MR) is 123 cm³/mol. The Balaban J connectivity index is 0.000000317. The molecule has 2 aliphatic heterocycles. The van der Waals surface area contributed by atoms with E-state index in [1.165, 1.54) is 12.1 Å². The molecule has 2 fully saturated rings. The lowest BCUT2D eigenvalue weighted by Crippen LogP contribution is -2.57. The summed E-state index contributed by atoms with van der Waals surface area (Å²) >= 11 is 0. The summed E-state index contributed by atoms with van der Waals surface area (Å²) in [5, 5.41) is 14.2. The lowest BCUT2D eigenvalue weighted by Gasteiger charge is -2.47. The van der Waals surface area contributed by atoms with Gasteiger partial charge in [-0.3, -0.25) is 4.90 Å². The minimum Gasteiger partial charge on any atom is -0.475 e. The van der Waals surface area contributed by atoms with Gasteiger partial charge in [0.1, 0.15) is 11.6 Å². The van der Waals surface area contributed by atoms with Gasteiger partial charge in [0.05, 0.1) is 12.2 Å². The highest BCUT2D eigenvalue weighted by molar-refractivity contribution is 5.73. The second-order valence-electron chi connectivity index (χ2n) is 8.65. The van der Waals surface area contributed by atoms with Crippen LogP contribution in [0.1, 0.15) is 18.4 Å². The minimum absolute atomic E-state index is 0.0604. The number of piperidine rings is 1. The highest BCUT2D eigenvalue weighted by atomic mass is 19.4. The van der Waals surface area contributed by atoms with Gasteiger partial charge in [0, 0.05) is 38.9 Å². The van der Waals surface area contributed by atoms with Crippen LogP contribution in [0.15, 0.2) is 48.7 Å². The molecule has 8 nitrogen and oxygen atoms in total. The van der Waals surface area contributed by atoms with Gasteiger partial charge >= 0.3 is 24.3 Å². The van der Waals surface area contributed by atoms with Crippen LogP contribution in [0, 0.1) is 5.82 Å². The van der Waals surface area contributed by atoms with Gasteiger partial charge in [-0.05, 0) is 42.7 Å². The smallest absolute Gasteiger partial charge is 0.475 e. The topological polar surface area (TPSA) is 103 Å². The Hall–Kier alpha value is -3.46. The van der Waals surface area contributed by atoms with Gasteiger partial charge in [0.2, 0.25) is 0 Å². The summed E-state index contributed by atoms with van der Waals surface area (Å²) in [5.41, 5.74) is 1.10. The first-order valence-corrected chi connectivity index (χ1v) is 11.5. The molecular weight excluding hydrogens is 543 g/mol. The molecule has 2 saturated heterocycles. The van der Waals surface area contributed by atoms with E-state index in [-0.39, 0.29) is 11.4 Å². The van der Waals surface area contributed by atoms with Gasteiger partial charge in [0.25, 0.3) is 0 Å². The van der Waals surface area contributed by atoms with Crippen molar-refractivity contribution >= 4 is 17.8 Å². The quantitative estimate of drug-likeness (QED) is 0.526. The maximum atomic E-state index is 13.0. The maximum Gasteiger partial charge on any atom is 0.490 e. The Kier molecular flexibility index (Phi) is 11.0. The van der Waals surface area contributed by atoms with Crippen molar-refractivity contribution in [3.8, 4) is 0 Å². The van der Waals surface area contributed by atoms with E-state index >= 15 is 0 Å². The summed E-state index contributed by atoms with van der Waals surface area (Å²) in [6.45, 7) is 5.46. The molecule has 1 aromatic carbocycles. The van der Waals surface area contributed by atoms with Crippen molar-refractivity contribution in [2.24, 2.45) is 0 Å². The second-order valence-corrected chi connectivity index (χ2v) is 8.65. The number of ether oxygens (including phenoxy) is 1. The number of alkyl halides is 6. The van der Waals surface area contributed by atoms with Gasteiger partial charge in [-0.2, -0.15) is 26.3 Å². The Morgan fingerprint density at radius 3 is 1.90 bits per heavy atom. The molecule has 0 saturated carbocycles. The Labute approximate surface area is 218 Å². The fraction of sp³-hybridized carbons (Fsp3) is 0.458. The first kappa shape index (κ1) is 31.8. The third-order valence-electron chi connectivity index (χ3n) is 5.79. The van der Waals surface area contributed by atoms with Crippen LogP contribution in [0.25, 0.3) is 0 Å². The summed E-state index contributed by atoms with van der Waals surface area (Å²) in [7, 11) is 0. The van der Waals surface area contributed by atoms with Crippen molar-refractivity contribution in [1.82, 2.24) is 9.88 Å². The molecule has 2 aliphatic rings. The molecule has 2 aromatic rings. The first-order valence-electron chi connectivity index (χ1n) is 11.5.